The summed E-state index contributed by atoms with van der Waals surface area (Å²) in [4.78, 5) is 0. The SMILES string of the molecule is Cc1ccc(NCc2ccc(F)c(F)c2)c(C)c1O. The van der Waals surface area contributed by atoms with Crippen LogP contribution >= 0.6 is 0 Å². The minimum atomic E-state index is -0.859. The molecule has 0 radical (unpaired) electrons. The molecule has 0 saturated heterocycles. The van der Waals surface area contributed by atoms with Crippen LogP contribution in [0.4, 0.5) is 14.5 Å². The minimum Gasteiger partial charge on any atom is -0.507 e. The van der Waals surface area contributed by atoms with E-state index in [2.05, 4.69) is 5.32 Å². The topological polar surface area (TPSA) is 32.3 Å². The summed E-state index contributed by atoms with van der Waals surface area (Å²) < 4.78 is 25.9. The van der Waals surface area contributed by atoms with Crippen LogP contribution in [0, 0.1) is 25.5 Å². The molecule has 0 amide bonds. The quantitative estimate of drug-likeness (QED) is 0.880. The van der Waals surface area contributed by atoms with Crippen LogP contribution in [0.25, 0.3) is 0 Å². The Morgan fingerprint density at radius 3 is 2.47 bits per heavy atom. The van der Waals surface area contributed by atoms with Crippen LogP contribution in [0.1, 0.15) is 16.7 Å². The van der Waals surface area contributed by atoms with E-state index in [0.717, 1.165) is 28.9 Å². The first-order chi connectivity index (χ1) is 8.99. The zero-order valence-corrected chi connectivity index (χ0v) is 10.8. The molecule has 0 bridgehead atoms. The summed E-state index contributed by atoms with van der Waals surface area (Å²) in [5.41, 5.74) is 2.95. The summed E-state index contributed by atoms with van der Waals surface area (Å²) in [6, 6.07) is 7.44. The maximum Gasteiger partial charge on any atom is 0.159 e. The van der Waals surface area contributed by atoms with Gasteiger partial charge in [-0.25, -0.2) is 8.78 Å². The zero-order valence-electron chi connectivity index (χ0n) is 10.8. The van der Waals surface area contributed by atoms with Crippen molar-refractivity contribution in [3.63, 3.8) is 0 Å². The van der Waals surface area contributed by atoms with Crippen molar-refractivity contribution in [2.45, 2.75) is 20.4 Å². The number of aromatic hydroxyl groups is 1. The van der Waals surface area contributed by atoms with Gasteiger partial charge in [-0.05, 0) is 43.2 Å². The fraction of sp³-hybridized carbons (Fsp3) is 0.200. The molecule has 2 aromatic carbocycles. The van der Waals surface area contributed by atoms with Crippen molar-refractivity contribution in [3.05, 3.63) is 58.7 Å². The molecule has 0 aromatic heterocycles. The number of nitrogens with one attached hydrogen (secondary N) is 1. The lowest BCUT2D eigenvalue weighted by atomic mass is 10.1. The van der Waals surface area contributed by atoms with Gasteiger partial charge in [-0.2, -0.15) is 0 Å². The van der Waals surface area contributed by atoms with Gasteiger partial charge in [0.1, 0.15) is 5.75 Å². The van der Waals surface area contributed by atoms with Crippen molar-refractivity contribution < 1.29 is 13.9 Å². The third-order valence-corrected chi connectivity index (χ3v) is 3.10. The van der Waals surface area contributed by atoms with E-state index in [1.807, 2.05) is 13.0 Å². The number of benzene rings is 2. The van der Waals surface area contributed by atoms with Crippen LogP contribution in [0.3, 0.4) is 0 Å². The Balaban J connectivity index is 2.14. The predicted molar refractivity (Wildman–Crippen MR) is 71.3 cm³/mol. The van der Waals surface area contributed by atoms with Crippen LogP contribution in [0.15, 0.2) is 30.3 Å². The van der Waals surface area contributed by atoms with Gasteiger partial charge in [-0.1, -0.05) is 12.1 Å². The van der Waals surface area contributed by atoms with Gasteiger partial charge in [-0.3, -0.25) is 0 Å². The molecule has 19 heavy (non-hydrogen) atoms. The van der Waals surface area contributed by atoms with Gasteiger partial charge in [0.05, 0.1) is 0 Å². The Morgan fingerprint density at radius 2 is 1.79 bits per heavy atom. The highest BCUT2D eigenvalue weighted by atomic mass is 19.2. The van der Waals surface area contributed by atoms with E-state index in [1.165, 1.54) is 6.07 Å². The van der Waals surface area contributed by atoms with E-state index in [9.17, 15) is 13.9 Å². The van der Waals surface area contributed by atoms with Gasteiger partial charge in [0, 0.05) is 17.8 Å². The van der Waals surface area contributed by atoms with Crippen LogP contribution < -0.4 is 5.32 Å². The van der Waals surface area contributed by atoms with Crippen molar-refractivity contribution in [3.8, 4) is 5.75 Å². The van der Waals surface area contributed by atoms with Gasteiger partial charge in [0.25, 0.3) is 0 Å². The summed E-state index contributed by atoms with van der Waals surface area (Å²) in [6.07, 6.45) is 0. The highest BCUT2D eigenvalue weighted by molar-refractivity contribution is 5.59. The number of phenolic OH excluding ortho intramolecular Hbond substituents is 1. The van der Waals surface area contributed by atoms with Crippen molar-refractivity contribution in [1.29, 1.82) is 0 Å². The van der Waals surface area contributed by atoms with Crippen molar-refractivity contribution in [1.82, 2.24) is 0 Å². The smallest absolute Gasteiger partial charge is 0.159 e. The lowest BCUT2D eigenvalue weighted by molar-refractivity contribution is 0.467. The molecule has 0 atom stereocenters. The standard InChI is InChI=1S/C15H15F2NO/c1-9-3-6-14(10(2)15(9)19)18-8-11-4-5-12(16)13(17)7-11/h3-7,18-19H,8H2,1-2H3. The molecule has 0 fully saturated rings. The van der Waals surface area contributed by atoms with E-state index in [4.69, 9.17) is 0 Å². The number of hydrogen-bond acceptors (Lipinski definition) is 2. The van der Waals surface area contributed by atoms with E-state index in [0.29, 0.717) is 12.1 Å². The van der Waals surface area contributed by atoms with Gasteiger partial charge in [0.15, 0.2) is 11.6 Å². The number of halogens is 2. The van der Waals surface area contributed by atoms with Crippen molar-refractivity contribution in [2.75, 3.05) is 5.32 Å². The molecule has 2 aromatic rings. The number of rotatable bonds is 3. The van der Waals surface area contributed by atoms with E-state index < -0.39 is 11.6 Å². The fourth-order valence-electron chi connectivity index (χ4n) is 1.87. The second-order valence-corrected chi connectivity index (χ2v) is 4.51. The van der Waals surface area contributed by atoms with Gasteiger partial charge in [-0.15, -0.1) is 0 Å². The Hall–Kier alpha value is -2.10. The molecule has 2 nitrogen and oxygen atoms in total. The fourth-order valence-corrected chi connectivity index (χ4v) is 1.87. The summed E-state index contributed by atoms with van der Waals surface area (Å²) in [5, 5.41) is 12.9. The Bertz CT molecular complexity index is 611. The van der Waals surface area contributed by atoms with Crippen LogP contribution in [-0.2, 0) is 6.54 Å². The Labute approximate surface area is 110 Å². The number of anilines is 1. The first-order valence-electron chi connectivity index (χ1n) is 5.96. The number of phenols is 1. The van der Waals surface area contributed by atoms with Crippen LogP contribution in [0.5, 0.6) is 5.75 Å². The van der Waals surface area contributed by atoms with E-state index in [-0.39, 0.29) is 5.75 Å². The maximum atomic E-state index is 13.1. The molecule has 0 aliphatic carbocycles. The molecule has 0 saturated carbocycles. The molecular weight excluding hydrogens is 248 g/mol. The predicted octanol–water partition coefficient (Wildman–Crippen LogP) is 3.90. The molecule has 0 aliphatic rings. The number of aryl methyl sites for hydroxylation is 1. The maximum absolute atomic E-state index is 13.1. The van der Waals surface area contributed by atoms with Crippen molar-refractivity contribution >= 4 is 5.69 Å². The average molecular weight is 263 g/mol. The Kier molecular flexibility index (Phi) is 3.69. The summed E-state index contributed by atoms with van der Waals surface area (Å²) >= 11 is 0. The van der Waals surface area contributed by atoms with E-state index >= 15 is 0 Å². The molecule has 2 N–H and O–H groups in total. The largest absolute Gasteiger partial charge is 0.507 e. The number of hydrogen-bond donors (Lipinski definition) is 2. The Morgan fingerprint density at radius 1 is 1.05 bits per heavy atom. The van der Waals surface area contributed by atoms with Crippen LogP contribution in [0.2, 0.25) is 0 Å². The molecule has 100 valence electrons. The van der Waals surface area contributed by atoms with Gasteiger partial charge < -0.3 is 10.4 Å². The summed E-state index contributed by atoms with van der Waals surface area (Å²) in [5.74, 6) is -1.47. The first-order valence-corrected chi connectivity index (χ1v) is 5.96. The summed E-state index contributed by atoms with van der Waals surface area (Å²) in [6.45, 7) is 3.98. The second-order valence-electron chi connectivity index (χ2n) is 4.51. The lowest BCUT2D eigenvalue weighted by Gasteiger charge is -2.12. The molecular formula is C15H15F2NO. The first kappa shape index (κ1) is 13.3. The van der Waals surface area contributed by atoms with Crippen molar-refractivity contribution in [2.24, 2.45) is 0 Å². The minimum absolute atomic E-state index is 0.246. The highest BCUT2D eigenvalue weighted by Gasteiger charge is 2.07. The van der Waals surface area contributed by atoms with E-state index in [1.54, 1.807) is 13.0 Å². The van der Waals surface area contributed by atoms with Gasteiger partial charge >= 0.3 is 0 Å². The molecule has 0 spiro atoms. The van der Waals surface area contributed by atoms with Gasteiger partial charge in [0.2, 0.25) is 0 Å². The molecule has 0 aliphatic heterocycles. The monoisotopic (exact) mass is 263 g/mol. The summed E-state index contributed by atoms with van der Waals surface area (Å²) in [7, 11) is 0. The lowest BCUT2D eigenvalue weighted by Crippen LogP contribution is -2.02. The third-order valence-electron chi connectivity index (χ3n) is 3.10. The highest BCUT2D eigenvalue weighted by Crippen LogP contribution is 2.28. The molecule has 0 heterocycles. The average Bonchev–Trinajstić information content (AvgIpc) is 2.39. The third kappa shape index (κ3) is 2.84. The van der Waals surface area contributed by atoms with Crippen LogP contribution in [-0.4, -0.2) is 5.11 Å². The molecule has 0 unspecified atom stereocenters. The normalized spacial score (nSPS) is 10.5. The zero-order chi connectivity index (χ0) is 14.0. The molecule has 2 rings (SSSR count). The second kappa shape index (κ2) is 5.26. The molecule has 4 heteroatoms.